The van der Waals surface area contributed by atoms with Gasteiger partial charge in [0.1, 0.15) is 0 Å². The van der Waals surface area contributed by atoms with Crippen LogP contribution in [-0.2, 0) is 0 Å². The van der Waals surface area contributed by atoms with Gasteiger partial charge in [0.25, 0.3) is 5.91 Å². The molecule has 0 spiro atoms. The van der Waals surface area contributed by atoms with Gasteiger partial charge in [-0.3, -0.25) is 4.79 Å². The van der Waals surface area contributed by atoms with Gasteiger partial charge in [0.05, 0.1) is 5.56 Å². The minimum absolute atomic E-state index is 0.0235. The number of amides is 1. The van der Waals surface area contributed by atoms with Gasteiger partial charge in [-0.15, -0.1) is 0 Å². The molecule has 1 unspecified atom stereocenters. The summed E-state index contributed by atoms with van der Waals surface area (Å²) in [5.41, 5.74) is 0.482. The largest absolute Gasteiger partial charge is 0.339 e. The topological polar surface area (TPSA) is 33.2 Å². The normalized spacial score (nSPS) is 20.1. The Hall–Kier alpha value is -1.45. The van der Waals surface area contributed by atoms with E-state index in [4.69, 9.17) is 0 Å². The van der Waals surface area contributed by atoms with E-state index < -0.39 is 5.95 Å². The first-order valence-corrected chi connectivity index (χ1v) is 7.11. The lowest BCUT2D eigenvalue weighted by Gasteiger charge is -2.20. The van der Waals surface area contributed by atoms with E-state index in [0.29, 0.717) is 5.56 Å². The number of pyridine rings is 1. The third-order valence-electron chi connectivity index (χ3n) is 3.81. The number of hydrogen-bond acceptors (Lipinski definition) is 2. The summed E-state index contributed by atoms with van der Waals surface area (Å²) < 4.78 is 12.8. The van der Waals surface area contributed by atoms with Gasteiger partial charge in [-0.25, -0.2) is 4.98 Å². The molecule has 1 aromatic rings. The van der Waals surface area contributed by atoms with Crippen LogP contribution in [-0.4, -0.2) is 28.9 Å². The molecule has 3 nitrogen and oxygen atoms in total. The molecule has 1 aromatic heterocycles. The molecular weight excluding hydrogens is 243 g/mol. The quantitative estimate of drug-likeness (QED) is 0.785. The number of carbonyl (C=O) groups excluding carboxylic acids is 1. The Morgan fingerprint density at radius 1 is 1.42 bits per heavy atom. The highest BCUT2D eigenvalue weighted by Crippen LogP contribution is 2.22. The second-order valence-corrected chi connectivity index (χ2v) is 5.25. The molecule has 1 amide bonds. The van der Waals surface area contributed by atoms with Gasteiger partial charge in [0, 0.05) is 19.3 Å². The van der Waals surface area contributed by atoms with Gasteiger partial charge in [-0.05, 0) is 37.3 Å². The van der Waals surface area contributed by atoms with E-state index in [1.165, 1.54) is 37.6 Å². The first kappa shape index (κ1) is 14.0. The van der Waals surface area contributed by atoms with Crippen LogP contribution in [0.5, 0.6) is 0 Å². The van der Waals surface area contributed by atoms with Gasteiger partial charge in [-0.1, -0.05) is 19.8 Å². The second-order valence-electron chi connectivity index (χ2n) is 5.25. The fourth-order valence-electron chi connectivity index (χ4n) is 2.75. The van der Waals surface area contributed by atoms with Crippen molar-refractivity contribution in [2.45, 2.75) is 39.0 Å². The predicted octanol–water partition coefficient (Wildman–Crippen LogP) is 3.26. The zero-order valence-electron chi connectivity index (χ0n) is 11.4. The van der Waals surface area contributed by atoms with Crippen molar-refractivity contribution >= 4 is 5.91 Å². The van der Waals surface area contributed by atoms with Crippen LogP contribution in [0.25, 0.3) is 0 Å². The number of aromatic nitrogens is 1. The van der Waals surface area contributed by atoms with Crippen LogP contribution >= 0.6 is 0 Å². The van der Waals surface area contributed by atoms with Crippen molar-refractivity contribution in [1.82, 2.24) is 9.88 Å². The lowest BCUT2D eigenvalue weighted by atomic mass is 9.96. The second kappa shape index (κ2) is 6.64. The SMILES string of the molecule is CCCC1CCCN(C(=O)c2ccc(F)nc2)CC1. The maximum atomic E-state index is 12.8. The molecule has 0 bridgehead atoms. The Balaban J connectivity index is 1.98. The van der Waals surface area contributed by atoms with Crippen molar-refractivity contribution in [1.29, 1.82) is 0 Å². The molecule has 0 aromatic carbocycles. The predicted molar refractivity (Wildman–Crippen MR) is 72.3 cm³/mol. The van der Waals surface area contributed by atoms with E-state index >= 15 is 0 Å². The Morgan fingerprint density at radius 3 is 2.95 bits per heavy atom. The van der Waals surface area contributed by atoms with Crippen LogP contribution in [0.15, 0.2) is 18.3 Å². The fraction of sp³-hybridized carbons (Fsp3) is 0.600. The highest BCUT2D eigenvalue weighted by Gasteiger charge is 2.21. The Bertz CT molecular complexity index is 419. The lowest BCUT2D eigenvalue weighted by Crippen LogP contribution is -2.32. The van der Waals surface area contributed by atoms with Gasteiger partial charge in [0.2, 0.25) is 5.95 Å². The first-order chi connectivity index (χ1) is 9.20. The summed E-state index contributed by atoms with van der Waals surface area (Å²) in [5, 5.41) is 0. The number of carbonyl (C=O) groups is 1. The van der Waals surface area contributed by atoms with E-state index in [1.54, 1.807) is 0 Å². The molecule has 0 radical (unpaired) electrons. The summed E-state index contributed by atoms with van der Waals surface area (Å²) in [7, 11) is 0. The molecule has 1 fully saturated rings. The average molecular weight is 264 g/mol. The summed E-state index contributed by atoms with van der Waals surface area (Å²) >= 11 is 0. The molecule has 0 N–H and O–H groups in total. The van der Waals surface area contributed by atoms with Crippen LogP contribution < -0.4 is 0 Å². The molecule has 1 saturated heterocycles. The molecular formula is C15H21FN2O. The van der Waals surface area contributed by atoms with Gasteiger partial charge < -0.3 is 4.90 Å². The minimum atomic E-state index is -0.546. The molecule has 19 heavy (non-hydrogen) atoms. The molecule has 4 heteroatoms. The van der Waals surface area contributed by atoms with Crippen LogP contribution in [0, 0.1) is 11.9 Å². The maximum absolute atomic E-state index is 12.8. The molecule has 2 rings (SSSR count). The number of hydrogen-bond donors (Lipinski definition) is 0. The maximum Gasteiger partial charge on any atom is 0.255 e. The van der Waals surface area contributed by atoms with E-state index in [2.05, 4.69) is 11.9 Å². The average Bonchev–Trinajstić information content (AvgIpc) is 2.65. The van der Waals surface area contributed by atoms with Crippen LogP contribution in [0.4, 0.5) is 4.39 Å². The summed E-state index contributed by atoms with van der Waals surface area (Å²) in [4.78, 5) is 17.7. The molecule has 104 valence electrons. The zero-order chi connectivity index (χ0) is 13.7. The summed E-state index contributed by atoms with van der Waals surface area (Å²) in [6.45, 7) is 3.81. The van der Waals surface area contributed by atoms with Gasteiger partial charge >= 0.3 is 0 Å². The van der Waals surface area contributed by atoms with Crippen molar-refractivity contribution in [2.75, 3.05) is 13.1 Å². The van der Waals surface area contributed by atoms with E-state index in [9.17, 15) is 9.18 Å². The van der Waals surface area contributed by atoms with Crippen molar-refractivity contribution < 1.29 is 9.18 Å². The van der Waals surface area contributed by atoms with Crippen molar-refractivity contribution in [3.8, 4) is 0 Å². The molecule has 0 saturated carbocycles. The van der Waals surface area contributed by atoms with Crippen LogP contribution in [0.1, 0.15) is 49.4 Å². The van der Waals surface area contributed by atoms with Crippen LogP contribution in [0.3, 0.4) is 0 Å². The standard InChI is InChI=1S/C15H21FN2O/c1-2-4-12-5-3-9-18(10-8-12)15(19)13-6-7-14(16)17-11-13/h6-7,11-12H,2-5,8-10H2,1H3. The van der Waals surface area contributed by atoms with Crippen molar-refractivity contribution in [2.24, 2.45) is 5.92 Å². The Kier molecular flexibility index (Phi) is 4.88. The summed E-state index contributed by atoms with van der Waals surface area (Å²) in [6, 6.07) is 2.75. The Morgan fingerprint density at radius 2 is 2.26 bits per heavy atom. The van der Waals surface area contributed by atoms with Crippen molar-refractivity contribution in [3.63, 3.8) is 0 Å². The third kappa shape index (κ3) is 3.75. The monoisotopic (exact) mass is 264 g/mol. The molecule has 1 atom stereocenters. The lowest BCUT2D eigenvalue weighted by molar-refractivity contribution is 0.0759. The number of halogens is 1. The van der Waals surface area contributed by atoms with Gasteiger partial charge in [0.15, 0.2) is 0 Å². The summed E-state index contributed by atoms with van der Waals surface area (Å²) in [6.07, 6.45) is 7.13. The number of likely N-dealkylation sites (tertiary alicyclic amines) is 1. The van der Waals surface area contributed by atoms with E-state index in [1.807, 2.05) is 4.90 Å². The third-order valence-corrected chi connectivity index (χ3v) is 3.81. The smallest absolute Gasteiger partial charge is 0.255 e. The summed E-state index contributed by atoms with van der Waals surface area (Å²) in [5.74, 6) is 0.175. The van der Waals surface area contributed by atoms with Crippen LogP contribution in [0.2, 0.25) is 0 Å². The van der Waals surface area contributed by atoms with Crippen molar-refractivity contribution in [3.05, 3.63) is 29.8 Å². The molecule has 2 heterocycles. The first-order valence-electron chi connectivity index (χ1n) is 7.11. The minimum Gasteiger partial charge on any atom is -0.339 e. The van der Waals surface area contributed by atoms with Gasteiger partial charge in [-0.2, -0.15) is 4.39 Å². The van der Waals surface area contributed by atoms with E-state index in [-0.39, 0.29) is 5.91 Å². The highest BCUT2D eigenvalue weighted by atomic mass is 19.1. The fourth-order valence-corrected chi connectivity index (χ4v) is 2.75. The number of nitrogens with zero attached hydrogens (tertiary/aromatic N) is 2. The zero-order valence-corrected chi connectivity index (χ0v) is 11.4. The highest BCUT2D eigenvalue weighted by molar-refractivity contribution is 5.93. The number of rotatable bonds is 3. The van der Waals surface area contributed by atoms with E-state index in [0.717, 1.165) is 31.8 Å². The molecule has 1 aliphatic rings. The Labute approximate surface area is 113 Å². The molecule has 1 aliphatic heterocycles. The molecule has 0 aliphatic carbocycles.